The Balaban J connectivity index is 1.43. The van der Waals surface area contributed by atoms with Crippen LogP contribution in [0.15, 0.2) is 120 Å². The highest BCUT2D eigenvalue weighted by Crippen LogP contribution is 2.64. The van der Waals surface area contributed by atoms with Crippen molar-refractivity contribution in [2.24, 2.45) is 0 Å². The summed E-state index contributed by atoms with van der Waals surface area (Å²) in [6.07, 6.45) is 4.02. The minimum Gasteiger partial charge on any atom is -0.491 e. The summed E-state index contributed by atoms with van der Waals surface area (Å²) in [6.45, 7) is 25.6. The van der Waals surface area contributed by atoms with E-state index in [-0.39, 0.29) is 37.3 Å². The zero-order chi connectivity index (χ0) is 53.7. The molecule has 2 aromatic heterocycles. The highest BCUT2D eigenvalue weighted by atomic mass is 32.1. The molecule has 0 aliphatic heterocycles. The molecule has 2 heterocycles. The third-order valence-corrected chi connectivity index (χ3v) is 15.2. The van der Waals surface area contributed by atoms with E-state index in [9.17, 15) is 0 Å². The molecule has 0 amide bonds. The van der Waals surface area contributed by atoms with Crippen LogP contribution < -0.4 is 9.47 Å². The maximum atomic E-state index is 16.8. The largest absolute Gasteiger partial charge is 0.491 e. The van der Waals surface area contributed by atoms with Gasteiger partial charge in [-0.2, -0.15) is 26.3 Å². The van der Waals surface area contributed by atoms with Crippen LogP contribution in [0.1, 0.15) is 91.9 Å². The number of alkyl halides is 6. The molecule has 2 aliphatic carbocycles. The molecule has 0 spiro atoms. The van der Waals surface area contributed by atoms with Gasteiger partial charge in [-0.05, 0) is 108 Å². The molecule has 0 bridgehead atoms. The second-order valence-electron chi connectivity index (χ2n) is 19.7. The van der Waals surface area contributed by atoms with Gasteiger partial charge >= 0.3 is 17.8 Å². The zero-order valence-electron chi connectivity index (χ0n) is 43.7. The van der Waals surface area contributed by atoms with Crippen molar-refractivity contribution in [1.29, 1.82) is 0 Å². The lowest BCUT2D eigenvalue weighted by molar-refractivity contribution is -0.263. The Morgan fingerprint density at radius 2 is 0.851 bits per heavy atom. The van der Waals surface area contributed by atoms with Crippen molar-refractivity contribution < 1.29 is 64.2 Å². The van der Waals surface area contributed by atoms with Crippen molar-refractivity contribution in [2.75, 3.05) is 92.5 Å². The van der Waals surface area contributed by atoms with Crippen LogP contribution in [-0.4, -0.2) is 110 Å². The predicted octanol–water partition coefficient (Wildman–Crippen LogP) is 14.3. The standard InChI is InChI=1S/C58H70F6O8S2/c1-10-65-24-26-67-28-30-69-32-34-71-43-16-12-40(13-17-43)45(41-14-18-44(19-15-41)72-35-33-70-31-29-68-27-25-66-11-2)37-42-38-47(49-21-23-51(74-49)55(7,8)9)46(48-20-22-50(73-48)54(4,5)6)36-39(3)52-53(42)57(61,62)58(63,64)56(52,59)60/h12-23,36-38,45H,3,10-11,24-35H2,1-2,4-9H3/b42-37-,46-36?,47-38?. The number of hydrogen-bond donors (Lipinski definition) is 0. The van der Waals surface area contributed by atoms with Gasteiger partial charge in [-0.3, -0.25) is 0 Å². The molecule has 0 saturated heterocycles. The summed E-state index contributed by atoms with van der Waals surface area (Å²) in [7, 11) is 0. The van der Waals surface area contributed by atoms with Gasteiger partial charge in [0.2, 0.25) is 0 Å². The van der Waals surface area contributed by atoms with Gasteiger partial charge in [-0.15, -0.1) is 22.7 Å². The second-order valence-corrected chi connectivity index (χ2v) is 21.9. The Kier molecular flexibility index (Phi) is 20.7. The summed E-state index contributed by atoms with van der Waals surface area (Å²) in [4.78, 5) is 3.20. The zero-order valence-corrected chi connectivity index (χ0v) is 45.3. The van der Waals surface area contributed by atoms with E-state index in [1.807, 2.05) is 79.7 Å². The number of halogens is 6. The third-order valence-electron chi connectivity index (χ3n) is 12.1. The Labute approximate surface area is 440 Å². The number of hydrogen-bond acceptors (Lipinski definition) is 10. The Morgan fingerprint density at radius 1 is 0.486 bits per heavy atom. The quantitative estimate of drug-likeness (QED) is 0.0432. The van der Waals surface area contributed by atoms with Crippen molar-refractivity contribution in [3.8, 4) is 11.5 Å². The number of ether oxygens (including phenoxy) is 8. The molecule has 0 unspecified atom stereocenters. The first-order chi connectivity index (χ1) is 35.1. The van der Waals surface area contributed by atoms with Crippen LogP contribution in [0.4, 0.5) is 26.3 Å². The van der Waals surface area contributed by atoms with Crippen LogP contribution in [0.5, 0.6) is 11.5 Å². The fraction of sp³-hybridized carbons (Fsp3) is 0.483. The maximum Gasteiger partial charge on any atom is 0.380 e. The molecule has 4 aromatic rings. The summed E-state index contributed by atoms with van der Waals surface area (Å²) in [5.74, 6) is -16.4. The molecule has 0 saturated carbocycles. The van der Waals surface area contributed by atoms with Crippen LogP contribution in [0.25, 0.3) is 11.1 Å². The lowest BCUT2D eigenvalue weighted by Gasteiger charge is -2.26. The van der Waals surface area contributed by atoms with Gasteiger partial charge in [0.15, 0.2) is 0 Å². The van der Waals surface area contributed by atoms with Crippen LogP contribution in [0, 0.1) is 0 Å². The molecule has 2 aromatic carbocycles. The summed E-state index contributed by atoms with van der Waals surface area (Å²) in [6, 6.07) is 21.3. The van der Waals surface area contributed by atoms with Crippen molar-refractivity contribution in [3.05, 3.63) is 151 Å². The monoisotopic (exact) mass is 1070 g/mol. The van der Waals surface area contributed by atoms with Crippen molar-refractivity contribution in [1.82, 2.24) is 0 Å². The third kappa shape index (κ3) is 14.5. The SMILES string of the molecule is C=C1C=C(c2ccc(C(C)(C)C)s2)C(c2ccc(C(C)(C)C)s2)=C/C(=C/C(c2ccc(OCCOCCOCCOCC)cc2)c2ccc(OCCOCCOCCOCC)cc2)C2=C1C(F)(F)C(F)(F)C2(F)F. The van der Waals surface area contributed by atoms with Crippen LogP contribution in [-0.2, 0) is 39.3 Å². The van der Waals surface area contributed by atoms with Gasteiger partial charge in [-0.1, -0.05) is 78.5 Å². The molecule has 404 valence electrons. The second kappa shape index (κ2) is 26.0. The molecule has 8 nitrogen and oxygen atoms in total. The van der Waals surface area contributed by atoms with Crippen molar-refractivity contribution >= 4 is 33.8 Å². The number of rotatable bonds is 27. The number of thiophene rings is 2. The molecule has 0 atom stereocenters. The molecular formula is C58H70F6O8S2. The molecule has 2 aliphatic rings. The molecule has 16 heteroatoms. The fourth-order valence-corrected chi connectivity index (χ4v) is 10.4. The van der Waals surface area contributed by atoms with E-state index in [2.05, 4.69) is 6.58 Å². The van der Waals surface area contributed by atoms with E-state index >= 15 is 26.3 Å². The average molecular weight is 1070 g/mol. The Morgan fingerprint density at radius 3 is 1.23 bits per heavy atom. The minimum atomic E-state index is -5.79. The Bertz CT molecular complexity index is 2510. The van der Waals surface area contributed by atoms with Crippen LogP contribution in [0.3, 0.4) is 0 Å². The van der Waals surface area contributed by atoms with E-state index < -0.39 is 46.0 Å². The summed E-state index contributed by atoms with van der Waals surface area (Å²) in [5, 5.41) is 0. The highest BCUT2D eigenvalue weighted by molar-refractivity contribution is 7.14. The number of benzene rings is 2. The molecule has 6 rings (SSSR count). The Hall–Kier alpha value is -4.52. The van der Waals surface area contributed by atoms with Gasteiger partial charge in [0.05, 0.1) is 66.1 Å². The van der Waals surface area contributed by atoms with Gasteiger partial charge in [0.1, 0.15) is 24.7 Å². The molecule has 0 fully saturated rings. The van der Waals surface area contributed by atoms with Crippen LogP contribution >= 0.6 is 22.7 Å². The molecule has 74 heavy (non-hydrogen) atoms. The van der Waals surface area contributed by atoms with Gasteiger partial charge < -0.3 is 37.9 Å². The normalized spacial score (nSPS) is 17.1. The maximum absolute atomic E-state index is 16.8. The topological polar surface area (TPSA) is 73.8 Å². The highest BCUT2D eigenvalue weighted by Gasteiger charge is 2.80. The van der Waals surface area contributed by atoms with E-state index in [1.54, 1.807) is 48.5 Å². The molecule has 0 radical (unpaired) electrons. The fourth-order valence-electron chi connectivity index (χ4n) is 8.17. The van der Waals surface area contributed by atoms with Crippen LogP contribution in [0.2, 0.25) is 0 Å². The first kappa shape index (κ1) is 58.7. The lowest BCUT2D eigenvalue weighted by atomic mass is 9.83. The minimum absolute atomic E-state index is 0.212. The first-order valence-corrected chi connectivity index (χ1v) is 26.6. The van der Waals surface area contributed by atoms with E-state index in [0.717, 1.165) is 9.75 Å². The summed E-state index contributed by atoms with van der Waals surface area (Å²) < 4.78 is 143. The van der Waals surface area contributed by atoms with Gasteiger partial charge in [0.25, 0.3) is 0 Å². The van der Waals surface area contributed by atoms with E-state index in [0.29, 0.717) is 110 Å². The van der Waals surface area contributed by atoms with Crippen molar-refractivity contribution in [3.63, 3.8) is 0 Å². The van der Waals surface area contributed by atoms with Crippen molar-refractivity contribution in [2.45, 2.75) is 89.9 Å². The lowest BCUT2D eigenvalue weighted by Crippen LogP contribution is -2.49. The first-order valence-electron chi connectivity index (χ1n) is 25.0. The van der Waals surface area contributed by atoms with E-state index in [1.165, 1.54) is 40.9 Å². The molecule has 0 N–H and O–H groups in total. The van der Waals surface area contributed by atoms with E-state index in [4.69, 9.17) is 37.9 Å². The summed E-state index contributed by atoms with van der Waals surface area (Å²) in [5.41, 5.74) is -2.89. The van der Waals surface area contributed by atoms with Gasteiger partial charge in [0, 0.05) is 60.9 Å². The number of allylic oxidation sites excluding steroid dienone is 9. The molecular weight excluding hydrogens is 1000 g/mol. The van der Waals surface area contributed by atoms with Gasteiger partial charge in [-0.25, -0.2) is 0 Å². The average Bonchev–Trinajstić information content (AvgIpc) is 4.08. The summed E-state index contributed by atoms with van der Waals surface area (Å²) >= 11 is 2.83. The smallest absolute Gasteiger partial charge is 0.380 e. The predicted molar refractivity (Wildman–Crippen MR) is 283 cm³/mol.